The fraction of sp³-hybridized carbons (Fsp3) is 0.720. The second-order valence-electron chi connectivity index (χ2n) is 7.92. The first-order chi connectivity index (χ1) is 13.6. The summed E-state index contributed by atoms with van der Waals surface area (Å²) in [7, 11) is 0. The van der Waals surface area contributed by atoms with Crippen LogP contribution < -0.4 is 0 Å². The molecule has 0 aliphatic rings. The molecule has 0 aromatic heterocycles. The largest absolute Gasteiger partial charge is 0.481 e. The van der Waals surface area contributed by atoms with Gasteiger partial charge in [0.15, 0.2) is 0 Å². The molecule has 1 rings (SSSR count). The highest BCUT2D eigenvalue weighted by Crippen LogP contribution is 2.14. The molecule has 1 unspecified atom stereocenters. The zero-order valence-electron chi connectivity index (χ0n) is 18.4. The van der Waals surface area contributed by atoms with Gasteiger partial charge in [0.1, 0.15) is 0 Å². The van der Waals surface area contributed by atoms with Gasteiger partial charge in [0, 0.05) is 6.42 Å². The molecule has 0 radical (unpaired) electrons. The molecule has 0 amide bonds. The van der Waals surface area contributed by atoms with Crippen LogP contribution in [0.4, 0.5) is 0 Å². The Morgan fingerprint density at radius 3 is 1.68 bits per heavy atom. The standard InChI is InChI=1S/C18H36O3.C7H8/c1-2-3-4-11-14-17(19)15-12-9-7-5-6-8-10-13-16-18(20)21;1-7-5-3-2-4-6-7/h17,19H,2-16H2,1H3,(H,20,21);2-6H,1H3. The Balaban J connectivity index is 0.000000861. The normalized spacial score (nSPS) is 11.5. The number of aryl methyl sites for hydroxylation is 1. The fourth-order valence-corrected chi connectivity index (χ4v) is 3.20. The van der Waals surface area contributed by atoms with Gasteiger partial charge in [-0.1, -0.05) is 113 Å². The van der Waals surface area contributed by atoms with E-state index in [-0.39, 0.29) is 6.10 Å². The summed E-state index contributed by atoms with van der Waals surface area (Å²) >= 11 is 0. The summed E-state index contributed by atoms with van der Waals surface area (Å²) in [6.45, 7) is 4.29. The summed E-state index contributed by atoms with van der Waals surface area (Å²) in [4.78, 5) is 10.3. The lowest BCUT2D eigenvalue weighted by Gasteiger charge is -2.10. The molecule has 2 N–H and O–H groups in total. The molecule has 0 aliphatic heterocycles. The summed E-state index contributed by atoms with van der Waals surface area (Å²) in [6.07, 6.45) is 16.3. The van der Waals surface area contributed by atoms with Crippen molar-refractivity contribution in [2.24, 2.45) is 0 Å². The van der Waals surface area contributed by atoms with Crippen LogP contribution in [-0.4, -0.2) is 22.3 Å². The molecular weight excluding hydrogens is 348 g/mol. The van der Waals surface area contributed by atoms with Gasteiger partial charge >= 0.3 is 5.97 Å². The quantitative estimate of drug-likeness (QED) is 0.290. The summed E-state index contributed by atoms with van der Waals surface area (Å²) in [6, 6.07) is 10.3. The van der Waals surface area contributed by atoms with Crippen molar-refractivity contribution in [3.05, 3.63) is 35.9 Å². The van der Waals surface area contributed by atoms with Gasteiger partial charge in [0.05, 0.1) is 6.10 Å². The van der Waals surface area contributed by atoms with Crippen LogP contribution in [0.1, 0.15) is 109 Å². The average molecular weight is 393 g/mol. The minimum atomic E-state index is -0.678. The maximum atomic E-state index is 10.3. The van der Waals surface area contributed by atoms with Crippen LogP contribution in [0.15, 0.2) is 30.3 Å². The molecule has 0 bridgehead atoms. The molecule has 28 heavy (non-hydrogen) atoms. The molecule has 162 valence electrons. The lowest BCUT2D eigenvalue weighted by atomic mass is 10.0. The molecule has 0 fully saturated rings. The van der Waals surface area contributed by atoms with Crippen molar-refractivity contribution in [3.63, 3.8) is 0 Å². The molecule has 3 nitrogen and oxygen atoms in total. The number of aliphatic hydroxyl groups excluding tert-OH is 1. The van der Waals surface area contributed by atoms with E-state index in [4.69, 9.17) is 5.11 Å². The molecule has 0 heterocycles. The van der Waals surface area contributed by atoms with Crippen molar-refractivity contribution >= 4 is 5.97 Å². The van der Waals surface area contributed by atoms with Crippen molar-refractivity contribution in [1.29, 1.82) is 0 Å². The van der Waals surface area contributed by atoms with E-state index in [0.29, 0.717) is 6.42 Å². The maximum absolute atomic E-state index is 10.3. The lowest BCUT2D eigenvalue weighted by molar-refractivity contribution is -0.137. The van der Waals surface area contributed by atoms with Gasteiger partial charge < -0.3 is 10.2 Å². The number of aliphatic hydroxyl groups is 1. The van der Waals surface area contributed by atoms with E-state index in [1.165, 1.54) is 56.9 Å². The van der Waals surface area contributed by atoms with Crippen molar-refractivity contribution in [2.45, 2.75) is 116 Å². The van der Waals surface area contributed by atoms with Crippen LogP contribution in [0.2, 0.25) is 0 Å². The average Bonchev–Trinajstić information content (AvgIpc) is 2.67. The van der Waals surface area contributed by atoms with Gasteiger partial charge in [0.25, 0.3) is 0 Å². The zero-order valence-corrected chi connectivity index (χ0v) is 18.4. The number of aliphatic carboxylic acids is 1. The smallest absolute Gasteiger partial charge is 0.303 e. The Hall–Kier alpha value is -1.35. The minimum Gasteiger partial charge on any atom is -0.481 e. The Labute approximate surface area is 173 Å². The summed E-state index contributed by atoms with van der Waals surface area (Å²) in [5.41, 5.74) is 1.32. The Kier molecular flexibility index (Phi) is 19.4. The van der Waals surface area contributed by atoms with E-state index in [1.54, 1.807) is 0 Å². The second-order valence-corrected chi connectivity index (χ2v) is 7.92. The molecule has 0 saturated carbocycles. The molecule has 3 heteroatoms. The molecular formula is C25H44O3. The van der Waals surface area contributed by atoms with E-state index in [1.807, 2.05) is 18.2 Å². The molecule has 0 spiro atoms. The summed E-state index contributed by atoms with van der Waals surface area (Å²) in [5.74, 6) is -0.678. The van der Waals surface area contributed by atoms with Crippen LogP contribution in [0.25, 0.3) is 0 Å². The molecule has 1 atom stereocenters. The zero-order chi connectivity index (χ0) is 20.9. The van der Waals surface area contributed by atoms with Gasteiger partial charge in [-0.25, -0.2) is 0 Å². The van der Waals surface area contributed by atoms with Gasteiger partial charge in [-0.15, -0.1) is 0 Å². The van der Waals surface area contributed by atoms with Crippen molar-refractivity contribution in [1.82, 2.24) is 0 Å². The number of carboxylic acid groups (broad SMARTS) is 1. The topological polar surface area (TPSA) is 57.5 Å². The Morgan fingerprint density at radius 1 is 0.786 bits per heavy atom. The van der Waals surface area contributed by atoms with Crippen molar-refractivity contribution in [3.8, 4) is 0 Å². The highest BCUT2D eigenvalue weighted by molar-refractivity contribution is 5.66. The van der Waals surface area contributed by atoms with E-state index in [9.17, 15) is 9.90 Å². The van der Waals surface area contributed by atoms with Crippen LogP contribution in [0, 0.1) is 6.92 Å². The number of benzene rings is 1. The van der Waals surface area contributed by atoms with Crippen LogP contribution in [-0.2, 0) is 4.79 Å². The number of hydrogen-bond donors (Lipinski definition) is 2. The van der Waals surface area contributed by atoms with Gasteiger partial charge in [-0.3, -0.25) is 4.79 Å². The third kappa shape index (κ3) is 21.0. The first-order valence-electron chi connectivity index (χ1n) is 11.5. The number of rotatable bonds is 16. The number of carbonyl (C=O) groups is 1. The monoisotopic (exact) mass is 392 g/mol. The predicted octanol–water partition coefficient (Wildman–Crippen LogP) is 7.30. The highest BCUT2D eigenvalue weighted by atomic mass is 16.4. The minimum absolute atomic E-state index is 0.0853. The van der Waals surface area contributed by atoms with Crippen LogP contribution in [0.5, 0.6) is 0 Å². The summed E-state index contributed by atoms with van der Waals surface area (Å²) < 4.78 is 0. The SMILES string of the molecule is CCCCCCC(O)CCCCCCCCCCC(=O)O.Cc1ccccc1. The van der Waals surface area contributed by atoms with E-state index in [2.05, 4.69) is 26.0 Å². The molecule has 0 saturated heterocycles. The lowest BCUT2D eigenvalue weighted by Crippen LogP contribution is -2.05. The first-order valence-corrected chi connectivity index (χ1v) is 11.5. The number of hydrogen-bond acceptors (Lipinski definition) is 2. The van der Waals surface area contributed by atoms with Crippen molar-refractivity contribution in [2.75, 3.05) is 0 Å². The number of carboxylic acids is 1. The number of unbranched alkanes of at least 4 members (excludes halogenated alkanes) is 10. The predicted molar refractivity (Wildman–Crippen MR) is 120 cm³/mol. The van der Waals surface area contributed by atoms with E-state index >= 15 is 0 Å². The van der Waals surface area contributed by atoms with Gasteiger partial charge in [-0.2, -0.15) is 0 Å². The highest BCUT2D eigenvalue weighted by Gasteiger charge is 2.03. The third-order valence-electron chi connectivity index (χ3n) is 5.01. The van der Waals surface area contributed by atoms with Crippen molar-refractivity contribution < 1.29 is 15.0 Å². The fourth-order valence-electron chi connectivity index (χ4n) is 3.20. The van der Waals surface area contributed by atoms with E-state index < -0.39 is 5.97 Å². The second kappa shape index (κ2) is 20.4. The summed E-state index contributed by atoms with van der Waals surface area (Å²) in [5, 5.41) is 18.4. The third-order valence-corrected chi connectivity index (χ3v) is 5.01. The van der Waals surface area contributed by atoms with Crippen LogP contribution >= 0.6 is 0 Å². The Bertz CT molecular complexity index is 444. The maximum Gasteiger partial charge on any atom is 0.303 e. The van der Waals surface area contributed by atoms with Gasteiger partial charge in [0.2, 0.25) is 0 Å². The van der Waals surface area contributed by atoms with Crippen LogP contribution in [0.3, 0.4) is 0 Å². The first kappa shape index (κ1) is 26.6. The molecule has 1 aromatic rings. The molecule has 1 aromatic carbocycles. The Morgan fingerprint density at radius 2 is 1.25 bits per heavy atom. The molecule has 0 aliphatic carbocycles. The van der Waals surface area contributed by atoms with Gasteiger partial charge in [-0.05, 0) is 26.2 Å². The van der Waals surface area contributed by atoms with E-state index in [0.717, 1.165) is 38.5 Å².